The number of unbranched alkanes of at least 4 members (excludes halogenated alkanes) is 2. The fourth-order valence-corrected chi connectivity index (χ4v) is 5.73. The molecule has 0 amide bonds. The van der Waals surface area contributed by atoms with Crippen LogP contribution in [-0.4, -0.2) is 44.4 Å². The maximum Gasteiger partial charge on any atom is 0.338 e. The lowest BCUT2D eigenvalue weighted by molar-refractivity contribution is -0.136. The monoisotopic (exact) mass is 594 g/mol. The summed E-state index contributed by atoms with van der Waals surface area (Å²) in [5.74, 6) is 0.568. The topological polar surface area (TPSA) is 115 Å². The van der Waals surface area contributed by atoms with Gasteiger partial charge in [0.25, 0.3) is 5.56 Å². The molecule has 42 heavy (non-hydrogen) atoms. The Labute approximate surface area is 247 Å². The predicted octanol–water partition coefficient (Wildman–Crippen LogP) is 3.92. The van der Waals surface area contributed by atoms with Crippen molar-refractivity contribution in [2.45, 2.75) is 46.1 Å². The molecule has 0 radical (unpaired) electrons. The Morgan fingerprint density at radius 2 is 1.71 bits per heavy atom. The third-order valence-electron chi connectivity index (χ3n) is 6.68. The summed E-state index contributed by atoms with van der Waals surface area (Å²) >= 11 is 1.21. The summed E-state index contributed by atoms with van der Waals surface area (Å²) in [7, 11) is 4.29. The molecular formula is C31H34N2O8S. The number of benzene rings is 2. The zero-order chi connectivity index (χ0) is 30.4. The number of carbonyl (C=O) groups is 2. The Bertz CT molecular complexity index is 1700. The third kappa shape index (κ3) is 6.41. The van der Waals surface area contributed by atoms with Crippen LogP contribution in [0.15, 0.2) is 57.5 Å². The molecular weight excluding hydrogens is 560 g/mol. The van der Waals surface area contributed by atoms with Crippen LogP contribution in [0.25, 0.3) is 6.08 Å². The molecule has 1 aromatic heterocycles. The number of rotatable bonds is 11. The number of fused-ring (bicyclic) bond motifs is 1. The molecule has 2 heterocycles. The highest BCUT2D eigenvalue weighted by Crippen LogP contribution is 2.36. The number of hydrogen-bond donors (Lipinski definition) is 0. The molecule has 0 N–H and O–H groups in total. The standard InChI is InChI=1S/C31H34N2O8S/c1-7-8-9-14-40-22-12-10-20(15-24(22)37-4)16-26-29(35)33-28(27(30(36)39-6)18(2)32-31(33)42-26)21-11-13-23(41-19(3)34)25(17-21)38-5/h10-13,15-17,28H,7-9,14H2,1-6H3/b26-16-. The zero-order valence-electron chi connectivity index (χ0n) is 24.5. The lowest BCUT2D eigenvalue weighted by atomic mass is 9.95. The van der Waals surface area contributed by atoms with Gasteiger partial charge in [-0.05, 0) is 54.8 Å². The lowest BCUT2D eigenvalue weighted by Crippen LogP contribution is -2.39. The SMILES string of the molecule is CCCCCOc1ccc(/C=c2\sc3n(c2=O)C(c2ccc(OC(C)=O)c(OC)c2)C(C(=O)OC)=C(C)N=3)cc1OC. The summed E-state index contributed by atoms with van der Waals surface area (Å²) in [5, 5.41) is 0. The minimum atomic E-state index is -0.857. The summed E-state index contributed by atoms with van der Waals surface area (Å²) in [6.07, 6.45) is 4.90. The number of nitrogens with zero attached hydrogens (tertiary/aromatic N) is 2. The van der Waals surface area contributed by atoms with Gasteiger partial charge in [-0.15, -0.1) is 0 Å². The van der Waals surface area contributed by atoms with E-state index in [0.29, 0.717) is 38.7 Å². The van der Waals surface area contributed by atoms with E-state index in [2.05, 4.69) is 11.9 Å². The molecule has 1 unspecified atom stereocenters. The average Bonchev–Trinajstić information content (AvgIpc) is 3.28. The van der Waals surface area contributed by atoms with Crippen LogP contribution in [-0.2, 0) is 14.3 Å². The summed E-state index contributed by atoms with van der Waals surface area (Å²) in [6.45, 7) is 5.72. The van der Waals surface area contributed by atoms with Gasteiger partial charge in [0, 0.05) is 6.92 Å². The van der Waals surface area contributed by atoms with Crippen LogP contribution in [0.5, 0.6) is 23.0 Å². The number of allylic oxidation sites excluding steroid dienone is 1. The van der Waals surface area contributed by atoms with E-state index in [1.807, 2.05) is 18.2 Å². The van der Waals surface area contributed by atoms with Crippen LogP contribution in [0.4, 0.5) is 0 Å². The van der Waals surface area contributed by atoms with Crippen molar-refractivity contribution in [1.29, 1.82) is 0 Å². The quantitative estimate of drug-likeness (QED) is 0.187. The number of ether oxygens (including phenoxy) is 5. The molecule has 1 atom stereocenters. The zero-order valence-corrected chi connectivity index (χ0v) is 25.3. The van der Waals surface area contributed by atoms with Crippen molar-refractivity contribution in [2.24, 2.45) is 4.99 Å². The second kappa shape index (κ2) is 13.5. The molecule has 4 rings (SSSR count). The number of hydrogen-bond acceptors (Lipinski definition) is 10. The molecule has 11 heteroatoms. The van der Waals surface area contributed by atoms with Gasteiger partial charge in [-0.1, -0.05) is 43.2 Å². The van der Waals surface area contributed by atoms with Crippen LogP contribution in [0.1, 0.15) is 57.2 Å². The predicted molar refractivity (Wildman–Crippen MR) is 158 cm³/mol. The normalized spacial score (nSPS) is 14.6. The summed E-state index contributed by atoms with van der Waals surface area (Å²) < 4.78 is 29.1. The highest BCUT2D eigenvalue weighted by molar-refractivity contribution is 7.07. The molecule has 222 valence electrons. The van der Waals surface area contributed by atoms with Crippen molar-refractivity contribution >= 4 is 29.4 Å². The van der Waals surface area contributed by atoms with Gasteiger partial charge in [-0.3, -0.25) is 14.2 Å². The fourth-order valence-electron chi connectivity index (χ4n) is 4.68. The molecule has 1 aliphatic rings. The van der Waals surface area contributed by atoms with Crippen LogP contribution in [0, 0.1) is 0 Å². The molecule has 0 fully saturated rings. The summed E-state index contributed by atoms with van der Waals surface area (Å²) in [4.78, 5) is 43.5. The average molecular weight is 595 g/mol. The molecule has 1 aliphatic heterocycles. The van der Waals surface area contributed by atoms with Crippen molar-refractivity contribution < 1.29 is 33.3 Å². The van der Waals surface area contributed by atoms with Crippen molar-refractivity contribution in [1.82, 2.24) is 4.57 Å². The molecule has 0 spiro atoms. The van der Waals surface area contributed by atoms with E-state index in [4.69, 9.17) is 23.7 Å². The van der Waals surface area contributed by atoms with Gasteiger partial charge < -0.3 is 23.7 Å². The fraction of sp³-hybridized carbons (Fsp3) is 0.355. The van der Waals surface area contributed by atoms with E-state index in [-0.39, 0.29) is 22.6 Å². The van der Waals surface area contributed by atoms with Crippen LogP contribution in [0.3, 0.4) is 0 Å². The first-order chi connectivity index (χ1) is 20.2. The Balaban J connectivity index is 1.82. The Morgan fingerprint density at radius 1 is 1.00 bits per heavy atom. The van der Waals surface area contributed by atoms with Crippen molar-refractivity contribution in [3.8, 4) is 23.0 Å². The molecule has 0 saturated heterocycles. The number of aromatic nitrogens is 1. The van der Waals surface area contributed by atoms with Crippen LogP contribution < -0.4 is 33.8 Å². The minimum Gasteiger partial charge on any atom is -0.493 e. The van der Waals surface area contributed by atoms with Crippen molar-refractivity contribution in [2.75, 3.05) is 27.9 Å². The van der Waals surface area contributed by atoms with Gasteiger partial charge in [0.1, 0.15) is 0 Å². The number of methoxy groups -OCH3 is 3. The van der Waals surface area contributed by atoms with Gasteiger partial charge in [-0.2, -0.15) is 0 Å². The van der Waals surface area contributed by atoms with E-state index < -0.39 is 18.0 Å². The molecule has 0 bridgehead atoms. The Hall–Kier alpha value is -4.38. The number of thiazole rings is 1. The van der Waals surface area contributed by atoms with E-state index in [0.717, 1.165) is 24.8 Å². The maximum atomic E-state index is 13.9. The first-order valence-electron chi connectivity index (χ1n) is 13.5. The van der Waals surface area contributed by atoms with Crippen LogP contribution >= 0.6 is 11.3 Å². The number of esters is 2. The van der Waals surface area contributed by atoms with Gasteiger partial charge >= 0.3 is 11.9 Å². The van der Waals surface area contributed by atoms with E-state index >= 15 is 0 Å². The second-order valence-corrected chi connectivity index (χ2v) is 10.6. The molecule has 3 aromatic rings. The van der Waals surface area contributed by atoms with Gasteiger partial charge in [-0.25, -0.2) is 9.79 Å². The van der Waals surface area contributed by atoms with E-state index in [1.165, 1.54) is 37.0 Å². The molecule has 10 nitrogen and oxygen atoms in total. The van der Waals surface area contributed by atoms with E-state index in [9.17, 15) is 14.4 Å². The second-order valence-electron chi connectivity index (χ2n) is 9.54. The van der Waals surface area contributed by atoms with Gasteiger partial charge in [0.05, 0.1) is 49.8 Å². The maximum absolute atomic E-state index is 13.9. The largest absolute Gasteiger partial charge is 0.493 e. The smallest absolute Gasteiger partial charge is 0.338 e. The third-order valence-corrected chi connectivity index (χ3v) is 7.66. The molecule has 2 aromatic carbocycles. The van der Waals surface area contributed by atoms with E-state index in [1.54, 1.807) is 38.3 Å². The van der Waals surface area contributed by atoms with Gasteiger partial charge in [0.15, 0.2) is 27.8 Å². The Morgan fingerprint density at radius 3 is 2.38 bits per heavy atom. The highest BCUT2D eigenvalue weighted by Gasteiger charge is 2.33. The first kappa shape index (κ1) is 30.6. The Kier molecular flexibility index (Phi) is 9.84. The van der Waals surface area contributed by atoms with Crippen molar-refractivity contribution in [3.63, 3.8) is 0 Å². The molecule has 0 saturated carbocycles. The van der Waals surface area contributed by atoms with Crippen LogP contribution in [0.2, 0.25) is 0 Å². The summed E-state index contributed by atoms with van der Waals surface area (Å²) in [6, 6.07) is 9.51. The summed E-state index contributed by atoms with van der Waals surface area (Å²) in [5.41, 5.74) is 1.60. The molecule has 0 aliphatic carbocycles. The van der Waals surface area contributed by atoms with Crippen molar-refractivity contribution in [3.05, 3.63) is 78.5 Å². The highest BCUT2D eigenvalue weighted by atomic mass is 32.1. The number of carbonyl (C=O) groups excluding carboxylic acids is 2. The first-order valence-corrected chi connectivity index (χ1v) is 14.3. The van der Waals surface area contributed by atoms with Gasteiger partial charge in [0.2, 0.25) is 0 Å². The minimum absolute atomic E-state index is 0.213. The lowest BCUT2D eigenvalue weighted by Gasteiger charge is -2.25.